The molecule has 3 aromatic heterocycles. The summed E-state index contributed by atoms with van der Waals surface area (Å²) in [5.41, 5.74) is 3.32. The number of aryl methyl sites for hydroxylation is 1. The van der Waals surface area contributed by atoms with Crippen molar-refractivity contribution in [1.29, 1.82) is 0 Å². The second-order valence-corrected chi connectivity index (χ2v) is 7.57. The number of benzene rings is 2. The number of rotatable bonds is 3. The predicted molar refractivity (Wildman–Crippen MR) is 120 cm³/mol. The smallest absolute Gasteiger partial charge is 0.266 e. The van der Waals surface area contributed by atoms with E-state index in [9.17, 15) is 4.79 Å². The Morgan fingerprint density at radius 2 is 1.81 bits per heavy atom. The molecule has 0 atom stereocenters. The Hall–Kier alpha value is -4.20. The van der Waals surface area contributed by atoms with Crippen molar-refractivity contribution >= 4 is 16.7 Å². The molecule has 0 amide bonds. The standard InChI is InChI=1S/C24H19N5O3/c1-2-15-3-6-17(7-4-15)28-10-9-19-18(23(28)30)14-25-24-26-22(27-29(19)24)16-5-8-20-21(13-16)32-12-11-31-20/h3-10,13-14H,2,11-12H2,1H3. The van der Waals surface area contributed by atoms with E-state index in [2.05, 4.69) is 22.0 Å². The van der Waals surface area contributed by atoms with Gasteiger partial charge in [-0.05, 0) is 48.4 Å². The van der Waals surface area contributed by atoms with E-state index < -0.39 is 0 Å². The molecule has 1 aliphatic rings. The van der Waals surface area contributed by atoms with E-state index >= 15 is 0 Å². The fraction of sp³-hybridized carbons (Fsp3) is 0.167. The van der Waals surface area contributed by atoms with Crippen LogP contribution in [0.2, 0.25) is 0 Å². The molecule has 8 heteroatoms. The molecule has 8 nitrogen and oxygen atoms in total. The highest BCUT2D eigenvalue weighted by atomic mass is 16.6. The average molecular weight is 425 g/mol. The molecular weight excluding hydrogens is 406 g/mol. The molecule has 6 rings (SSSR count). The van der Waals surface area contributed by atoms with Gasteiger partial charge in [0.15, 0.2) is 17.3 Å². The van der Waals surface area contributed by atoms with E-state index in [-0.39, 0.29) is 5.56 Å². The van der Waals surface area contributed by atoms with Crippen LogP contribution in [0, 0.1) is 0 Å². The predicted octanol–water partition coefficient (Wildman–Crippen LogP) is 3.43. The number of fused-ring (bicyclic) bond motifs is 4. The molecule has 5 aromatic rings. The minimum Gasteiger partial charge on any atom is -0.486 e. The van der Waals surface area contributed by atoms with E-state index in [1.54, 1.807) is 21.5 Å². The first kappa shape index (κ1) is 18.6. The third-order valence-electron chi connectivity index (χ3n) is 5.66. The number of pyridine rings is 1. The quantitative estimate of drug-likeness (QED) is 0.440. The maximum Gasteiger partial charge on any atom is 0.266 e. The Morgan fingerprint density at radius 1 is 1.00 bits per heavy atom. The molecule has 0 bridgehead atoms. The fourth-order valence-electron chi connectivity index (χ4n) is 3.92. The van der Waals surface area contributed by atoms with Crippen molar-refractivity contribution in [3.05, 3.63) is 76.8 Å². The Bertz CT molecular complexity index is 1540. The van der Waals surface area contributed by atoms with Gasteiger partial charge in [-0.3, -0.25) is 9.36 Å². The van der Waals surface area contributed by atoms with Crippen molar-refractivity contribution in [2.45, 2.75) is 13.3 Å². The maximum atomic E-state index is 13.2. The molecule has 0 N–H and O–H groups in total. The van der Waals surface area contributed by atoms with E-state index in [0.717, 1.165) is 17.7 Å². The van der Waals surface area contributed by atoms with Gasteiger partial charge in [0.05, 0.1) is 10.9 Å². The summed E-state index contributed by atoms with van der Waals surface area (Å²) in [6.07, 6.45) is 4.27. The Kier molecular flexibility index (Phi) is 4.17. The van der Waals surface area contributed by atoms with E-state index in [4.69, 9.17) is 9.47 Å². The molecule has 0 unspecified atom stereocenters. The molecule has 0 radical (unpaired) electrons. The lowest BCUT2D eigenvalue weighted by atomic mass is 10.1. The van der Waals surface area contributed by atoms with Crippen LogP contribution in [0.15, 0.2) is 65.7 Å². The number of hydrogen-bond acceptors (Lipinski definition) is 6. The number of ether oxygens (including phenoxy) is 2. The average Bonchev–Trinajstić information content (AvgIpc) is 3.29. The summed E-state index contributed by atoms with van der Waals surface area (Å²) < 4.78 is 14.5. The number of nitrogens with zero attached hydrogens (tertiary/aromatic N) is 5. The van der Waals surface area contributed by atoms with Gasteiger partial charge in [0, 0.05) is 23.6 Å². The first-order valence-corrected chi connectivity index (χ1v) is 10.5. The summed E-state index contributed by atoms with van der Waals surface area (Å²) in [4.78, 5) is 22.1. The van der Waals surface area contributed by atoms with Gasteiger partial charge in [0.25, 0.3) is 11.3 Å². The summed E-state index contributed by atoms with van der Waals surface area (Å²) in [6.45, 7) is 3.15. The molecule has 0 saturated carbocycles. The third kappa shape index (κ3) is 2.91. The number of aromatic nitrogens is 5. The summed E-state index contributed by atoms with van der Waals surface area (Å²) in [5.74, 6) is 2.30. The molecule has 0 aliphatic carbocycles. The van der Waals surface area contributed by atoms with Gasteiger partial charge in [-0.1, -0.05) is 19.1 Å². The maximum absolute atomic E-state index is 13.2. The monoisotopic (exact) mass is 425 g/mol. The highest BCUT2D eigenvalue weighted by Crippen LogP contribution is 2.33. The van der Waals surface area contributed by atoms with Crippen LogP contribution in [-0.4, -0.2) is 37.4 Å². The topological polar surface area (TPSA) is 83.5 Å². The third-order valence-corrected chi connectivity index (χ3v) is 5.66. The Balaban J connectivity index is 1.46. The SMILES string of the molecule is CCc1ccc(-n2ccc3c(cnc4nc(-c5ccc6c(c5)OCCO6)nn43)c2=O)cc1. The molecule has 32 heavy (non-hydrogen) atoms. The minimum absolute atomic E-state index is 0.155. The van der Waals surface area contributed by atoms with Gasteiger partial charge in [0.2, 0.25) is 0 Å². The minimum atomic E-state index is -0.155. The van der Waals surface area contributed by atoms with Gasteiger partial charge >= 0.3 is 0 Å². The van der Waals surface area contributed by atoms with Crippen molar-refractivity contribution < 1.29 is 9.47 Å². The summed E-state index contributed by atoms with van der Waals surface area (Å²) >= 11 is 0. The highest BCUT2D eigenvalue weighted by Gasteiger charge is 2.17. The largest absolute Gasteiger partial charge is 0.486 e. The van der Waals surface area contributed by atoms with Crippen molar-refractivity contribution in [3.8, 4) is 28.6 Å². The zero-order valence-corrected chi connectivity index (χ0v) is 17.4. The molecule has 4 heterocycles. The molecule has 2 aromatic carbocycles. The van der Waals surface area contributed by atoms with Crippen molar-refractivity contribution in [2.24, 2.45) is 0 Å². The van der Waals surface area contributed by atoms with E-state index in [1.165, 1.54) is 5.56 Å². The second kappa shape index (κ2) is 7.19. The van der Waals surface area contributed by atoms with Crippen LogP contribution in [-0.2, 0) is 6.42 Å². The highest BCUT2D eigenvalue weighted by molar-refractivity contribution is 5.79. The lowest BCUT2D eigenvalue weighted by Gasteiger charge is -2.18. The fourth-order valence-corrected chi connectivity index (χ4v) is 3.92. The van der Waals surface area contributed by atoms with Crippen molar-refractivity contribution in [2.75, 3.05) is 13.2 Å². The van der Waals surface area contributed by atoms with Gasteiger partial charge in [0.1, 0.15) is 13.2 Å². The van der Waals surface area contributed by atoms with Crippen molar-refractivity contribution in [1.82, 2.24) is 24.1 Å². The zero-order valence-electron chi connectivity index (χ0n) is 17.4. The summed E-state index contributed by atoms with van der Waals surface area (Å²) in [7, 11) is 0. The molecular formula is C24H19N5O3. The van der Waals surface area contributed by atoms with Gasteiger partial charge in [-0.15, -0.1) is 5.10 Å². The van der Waals surface area contributed by atoms with E-state index in [1.807, 2.05) is 48.5 Å². The van der Waals surface area contributed by atoms with Crippen LogP contribution < -0.4 is 15.0 Å². The summed E-state index contributed by atoms with van der Waals surface area (Å²) in [6, 6.07) is 15.4. The van der Waals surface area contributed by atoms with Crippen LogP contribution in [0.5, 0.6) is 11.5 Å². The van der Waals surface area contributed by atoms with Gasteiger partial charge < -0.3 is 9.47 Å². The molecule has 0 fully saturated rings. The van der Waals surface area contributed by atoms with E-state index in [0.29, 0.717) is 47.2 Å². The van der Waals surface area contributed by atoms with Crippen molar-refractivity contribution in [3.63, 3.8) is 0 Å². The lowest BCUT2D eigenvalue weighted by molar-refractivity contribution is 0.171. The second-order valence-electron chi connectivity index (χ2n) is 7.57. The normalized spacial score (nSPS) is 13.0. The zero-order chi connectivity index (χ0) is 21.7. The number of hydrogen-bond donors (Lipinski definition) is 0. The first-order chi connectivity index (χ1) is 15.7. The first-order valence-electron chi connectivity index (χ1n) is 10.5. The van der Waals surface area contributed by atoms with Crippen LogP contribution in [0.1, 0.15) is 12.5 Å². The summed E-state index contributed by atoms with van der Waals surface area (Å²) in [5, 5.41) is 5.10. The van der Waals surface area contributed by atoms with Gasteiger partial charge in [-0.25, -0.2) is 4.98 Å². The van der Waals surface area contributed by atoms with Crippen LogP contribution >= 0.6 is 0 Å². The van der Waals surface area contributed by atoms with Gasteiger partial charge in [-0.2, -0.15) is 9.50 Å². The Morgan fingerprint density at radius 3 is 2.62 bits per heavy atom. The van der Waals surface area contributed by atoms with Crippen LogP contribution in [0.4, 0.5) is 0 Å². The molecule has 158 valence electrons. The van der Waals surface area contributed by atoms with Crippen LogP contribution in [0.25, 0.3) is 33.8 Å². The Labute approximate surface area is 182 Å². The molecule has 1 aliphatic heterocycles. The molecule has 0 spiro atoms. The molecule has 0 saturated heterocycles. The van der Waals surface area contributed by atoms with Crippen LogP contribution in [0.3, 0.4) is 0 Å². The lowest BCUT2D eigenvalue weighted by Crippen LogP contribution is -2.18.